The lowest BCUT2D eigenvalue weighted by molar-refractivity contribution is 0.0437. The highest BCUT2D eigenvalue weighted by Crippen LogP contribution is 2.22. The SMILES string of the molecule is Cc1ccc(C(=O)OCc2cc(-c3ccccc3F)no2)cn1. The number of aryl methyl sites for hydroxylation is 1. The number of carbonyl (C=O) groups is 1. The van der Waals surface area contributed by atoms with Gasteiger partial charge in [-0.2, -0.15) is 0 Å². The summed E-state index contributed by atoms with van der Waals surface area (Å²) in [4.78, 5) is 15.9. The Labute approximate surface area is 131 Å². The van der Waals surface area contributed by atoms with Gasteiger partial charge in [-0.25, -0.2) is 9.18 Å². The van der Waals surface area contributed by atoms with E-state index in [0.29, 0.717) is 22.6 Å². The molecule has 0 radical (unpaired) electrons. The minimum Gasteiger partial charge on any atom is -0.454 e. The topological polar surface area (TPSA) is 65.2 Å². The van der Waals surface area contributed by atoms with Crippen molar-refractivity contribution in [1.82, 2.24) is 10.1 Å². The monoisotopic (exact) mass is 312 g/mol. The largest absolute Gasteiger partial charge is 0.454 e. The van der Waals surface area contributed by atoms with E-state index in [2.05, 4.69) is 10.1 Å². The van der Waals surface area contributed by atoms with Crippen LogP contribution in [-0.2, 0) is 11.3 Å². The Morgan fingerprint density at radius 3 is 2.83 bits per heavy atom. The molecule has 0 bridgehead atoms. The number of hydrogen-bond donors (Lipinski definition) is 0. The number of esters is 1. The molecule has 1 aromatic carbocycles. The maximum absolute atomic E-state index is 13.7. The molecular weight excluding hydrogens is 299 g/mol. The van der Waals surface area contributed by atoms with Gasteiger partial charge in [0.15, 0.2) is 12.4 Å². The molecule has 2 heterocycles. The number of hydrogen-bond acceptors (Lipinski definition) is 5. The van der Waals surface area contributed by atoms with Gasteiger partial charge in [-0.3, -0.25) is 4.98 Å². The van der Waals surface area contributed by atoms with Gasteiger partial charge in [0.1, 0.15) is 11.5 Å². The number of carbonyl (C=O) groups excluding carboxylic acids is 1. The minimum atomic E-state index is -0.513. The van der Waals surface area contributed by atoms with Gasteiger partial charge in [-0.15, -0.1) is 0 Å². The molecule has 0 N–H and O–H groups in total. The number of aromatic nitrogens is 2. The van der Waals surface area contributed by atoms with E-state index < -0.39 is 11.8 Å². The zero-order chi connectivity index (χ0) is 16.2. The molecule has 0 spiro atoms. The fourth-order valence-electron chi connectivity index (χ4n) is 1.99. The molecule has 0 fully saturated rings. The lowest BCUT2D eigenvalue weighted by Gasteiger charge is -2.02. The summed E-state index contributed by atoms with van der Waals surface area (Å²) in [6.45, 7) is 1.74. The Morgan fingerprint density at radius 1 is 1.26 bits per heavy atom. The molecule has 0 unspecified atom stereocenters. The average Bonchev–Trinajstić information content (AvgIpc) is 3.02. The summed E-state index contributed by atoms with van der Waals surface area (Å²) >= 11 is 0. The fourth-order valence-corrected chi connectivity index (χ4v) is 1.99. The number of nitrogens with zero attached hydrogens (tertiary/aromatic N) is 2. The third-order valence-corrected chi connectivity index (χ3v) is 3.20. The normalized spacial score (nSPS) is 10.5. The van der Waals surface area contributed by atoms with Crippen molar-refractivity contribution in [3.63, 3.8) is 0 Å². The third-order valence-electron chi connectivity index (χ3n) is 3.20. The van der Waals surface area contributed by atoms with Gasteiger partial charge in [-0.1, -0.05) is 17.3 Å². The van der Waals surface area contributed by atoms with E-state index in [1.165, 1.54) is 12.3 Å². The first-order chi connectivity index (χ1) is 11.1. The Balaban J connectivity index is 1.67. The van der Waals surface area contributed by atoms with Gasteiger partial charge in [0, 0.05) is 23.5 Å². The van der Waals surface area contributed by atoms with Crippen LogP contribution in [0.1, 0.15) is 21.8 Å². The van der Waals surface area contributed by atoms with Crippen molar-refractivity contribution in [2.24, 2.45) is 0 Å². The molecule has 0 aliphatic heterocycles. The van der Waals surface area contributed by atoms with Crippen LogP contribution in [0.4, 0.5) is 4.39 Å². The standard InChI is InChI=1S/C17H13FN2O3/c1-11-6-7-12(9-19-11)17(21)22-10-13-8-16(20-23-13)14-4-2-3-5-15(14)18/h2-9H,10H2,1H3. The summed E-state index contributed by atoms with van der Waals surface area (Å²) in [6.07, 6.45) is 1.45. The lowest BCUT2D eigenvalue weighted by atomic mass is 10.1. The van der Waals surface area contributed by atoms with Gasteiger partial charge < -0.3 is 9.26 Å². The van der Waals surface area contributed by atoms with E-state index in [1.54, 1.807) is 36.4 Å². The lowest BCUT2D eigenvalue weighted by Crippen LogP contribution is -2.05. The summed E-state index contributed by atoms with van der Waals surface area (Å²) in [6, 6.07) is 11.1. The van der Waals surface area contributed by atoms with Crippen LogP contribution in [-0.4, -0.2) is 16.1 Å². The van der Waals surface area contributed by atoms with E-state index >= 15 is 0 Å². The van der Waals surface area contributed by atoms with Crippen LogP contribution in [0.5, 0.6) is 0 Å². The molecule has 0 atom stereocenters. The summed E-state index contributed by atoms with van der Waals surface area (Å²) < 4.78 is 23.9. The number of halogens is 1. The Morgan fingerprint density at radius 2 is 2.09 bits per heavy atom. The first-order valence-electron chi connectivity index (χ1n) is 6.94. The molecule has 3 aromatic rings. The minimum absolute atomic E-state index is 0.0891. The van der Waals surface area contributed by atoms with Gasteiger partial charge in [0.2, 0.25) is 0 Å². The van der Waals surface area contributed by atoms with Crippen molar-refractivity contribution in [2.75, 3.05) is 0 Å². The van der Waals surface area contributed by atoms with Gasteiger partial charge in [-0.05, 0) is 31.2 Å². The molecule has 5 nitrogen and oxygen atoms in total. The summed E-state index contributed by atoms with van der Waals surface area (Å²) in [5.41, 5.74) is 1.85. The van der Waals surface area contributed by atoms with Crippen molar-refractivity contribution < 1.29 is 18.4 Å². The van der Waals surface area contributed by atoms with E-state index in [4.69, 9.17) is 9.26 Å². The zero-order valence-corrected chi connectivity index (χ0v) is 12.3. The summed E-state index contributed by atoms with van der Waals surface area (Å²) in [7, 11) is 0. The van der Waals surface area contributed by atoms with Crippen molar-refractivity contribution >= 4 is 5.97 Å². The van der Waals surface area contributed by atoms with Gasteiger partial charge in [0.05, 0.1) is 5.56 Å². The second-order valence-corrected chi connectivity index (χ2v) is 4.92. The van der Waals surface area contributed by atoms with Crippen LogP contribution in [0.3, 0.4) is 0 Å². The Hall–Kier alpha value is -3.02. The number of benzene rings is 1. The third kappa shape index (κ3) is 3.42. The quantitative estimate of drug-likeness (QED) is 0.689. The molecule has 3 rings (SSSR count). The molecular formula is C17H13FN2O3. The summed E-state index contributed by atoms with van der Waals surface area (Å²) in [5.74, 6) is -0.576. The van der Waals surface area contributed by atoms with Gasteiger partial charge >= 0.3 is 5.97 Å². The van der Waals surface area contributed by atoms with Crippen molar-refractivity contribution in [2.45, 2.75) is 13.5 Å². The van der Waals surface area contributed by atoms with Crippen LogP contribution in [0.2, 0.25) is 0 Å². The van der Waals surface area contributed by atoms with Gasteiger partial charge in [0.25, 0.3) is 0 Å². The van der Waals surface area contributed by atoms with E-state index in [0.717, 1.165) is 5.69 Å². The predicted octanol–water partition coefficient (Wildman–Crippen LogP) is 3.54. The van der Waals surface area contributed by atoms with Crippen LogP contribution in [0.15, 0.2) is 53.2 Å². The van der Waals surface area contributed by atoms with E-state index in [9.17, 15) is 9.18 Å². The molecule has 23 heavy (non-hydrogen) atoms. The fraction of sp³-hybridized carbons (Fsp3) is 0.118. The van der Waals surface area contributed by atoms with E-state index in [-0.39, 0.29) is 6.61 Å². The number of rotatable bonds is 4. The zero-order valence-electron chi connectivity index (χ0n) is 12.3. The molecule has 0 amide bonds. The molecule has 0 saturated heterocycles. The second kappa shape index (κ2) is 6.39. The second-order valence-electron chi connectivity index (χ2n) is 4.92. The van der Waals surface area contributed by atoms with Crippen molar-refractivity contribution in [3.8, 4) is 11.3 Å². The smallest absolute Gasteiger partial charge is 0.340 e. The Bertz CT molecular complexity index is 828. The highest BCUT2D eigenvalue weighted by molar-refractivity contribution is 5.88. The maximum atomic E-state index is 13.7. The van der Waals surface area contributed by atoms with Crippen molar-refractivity contribution in [1.29, 1.82) is 0 Å². The molecule has 0 aliphatic carbocycles. The highest BCUT2D eigenvalue weighted by atomic mass is 19.1. The average molecular weight is 312 g/mol. The first kappa shape index (κ1) is 14.9. The summed E-state index contributed by atoms with van der Waals surface area (Å²) in [5, 5.41) is 3.79. The first-order valence-corrected chi connectivity index (χ1v) is 6.94. The number of ether oxygens (including phenoxy) is 1. The molecule has 0 aliphatic rings. The highest BCUT2D eigenvalue weighted by Gasteiger charge is 2.13. The van der Waals surface area contributed by atoms with Crippen LogP contribution >= 0.6 is 0 Å². The molecule has 0 saturated carbocycles. The predicted molar refractivity (Wildman–Crippen MR) is 80.0 cm³/mol. The number of pyridine rings is 1. The molecule has 116 valence electrons. The molecule has 6 heteroatoms. The maximum Gasteiger partial charge on any atom is 0.340 e. The van der Waals surface area contributed by atoms with Crippen LogP contribution < -0.4 is 0 Å². The van der Waals surface area contributed by atoms with E-state index in [1.807, 2.05) is 6.92 Å². The molecule has 2 aromatic heterocycles. The van der Waals surface area contributed by atoms with Crippen LogP contribution in [0.25, 0.3) is 11.3 Å². The Kier molecular flexibility index (Phi) is 4.14. The van der Waals surface area contributed by atoms with Crippen LogP contribution in [0, 0.1) is 12.7 Å². The van der Waals surface area contributed by atoms with Crippen molar-refractivity contribution in [3.05, 3.63) is 71.5 Å².